The van der Waals surface area contributed by atoms with Gasteiger partial charge in [-0.25, -0.2) is 0 Å². The van der Waals surface area contributed by atoms with Gasteiger partial charge in [0.25, 0.3) is 0 Å². The molecule has 6 nitrogen and oxygen atoms in total. The van der Waals surface area contributed by atoms with E-state index in [1.165, 1.54) is 0 Å². The van der Waals surface area contributed by atoms with Crippen molar-refractivity contribution in [2.24, 2.45) is 5.41 Å². The van der Waals surface area contributed by atoms with E-state index >= 15 is 0 Å². The molecule has 0 aromatic heterocycles. The number of piperidine rings is 1. The van der Waals surface area contributed by atoms with E-state index in [4.69, 9.17) is 4.74 Å². The number of carbonyl (C=O) groups is 2. The van der Waals surface area contributed by atoms with Crippen molar-refractivity contribution in [1.82, 2.24) is 16.0 Å². The molecule has 0 aliphatic carbocycles. The molecule has 122 valence electrons. The summed E-state index contributed by atoms with van der Waals surface area (Å²) < 4.78 is 5.23. The highest BCUT2D eigenvalue weighted by Gasteiger charge is 2.39. The molecule has 0 atom stereocenters. The van der Waals surface area contributed by atoms with Crippen LogP contribution in [0, 0.1) is 5.41 Å². The van der Waals surface area contributed by atoms with Crippen LogP contribution in [0.5, 0.6) is 0 Å². The van der Waals surface area contributed by atoms with Gasteiger partial charge in [0, 0.05) is 25.6 Å². The molecule has 1 heterocycles. The Hall–Kier alpha value is -1.14. The summed E-state index contributed by atoms with van der Waals surface area (Å²) in [6.45, 7) is 8.24. The Morgan fingerprint density at radius 3 is 2.38 bits per heavy atom. The molecule has 0 radical (unpaired) electrons. The van der Waals surface area contributed by atoms with Crippen LogP contribution in [-0.4, -0.2) is 50.7 Å². The SMILES string of the molecule is COCC1(C(=O)NCCC(=O)NC(C)(C)C)CCNCC1. The second-order valence-corrected chi connectivity index (χ2v) is 6.77. The number of methoxy groups -OCH3 is 1. The molecule has 0 bridgehead atoms. The van der Waals surface area contributed by atoms with Crippen molar-refractivity contribution >= 4 is 11.8 Å². The predicted octanol–water partition coefficient (Wildman–Crippen LogP) is 0.424. The lowest BCUT2D eigenvalue weighted by atomic mass is 9.78. The van der Waals surface area contributed by atoms with Gasteiger partial charge in [0.15, 0.2) is 0 Å². The molecule has 0 aromatic carbocycles. The largest absolute Gasteiger partial charge is 0.384 e. The van der Waals surface area contributed by atoms with E-state index in [1.54, 1.807) is 7.11 Å². The minimum absolute atomic E-state index is 0.00518. The average Bonchev–Trinajstić information content (AvgIpc) is 2.38. The quantitative estimate of drug-likeness (QED) is 0.664. The van der Waals surface area contributed by atoms with Crippen molar-refractivity contribution < 1.29 is 14.3 Å². The monoisotopic (exact) mass is 299 g/mol. The van der Waals surface area contributed by atoms with Crippen LogP contribution in [0.25, 0.3) is 0 Å². The number of amides is 2. The van der Waals surface area contributed by atoms with Gasteiger partial charge in [-0.15, -0.1) is 0 Å². The van der Waals surface area contributed by atoms with E-state index in [0.717, 1.165) is 25.9 Å². The molecule has 0 saturated carbocycles. The molecule has 1 rings (SSSR count). The molecule has 3 N–H and O–H groups in total. The zero-order valence-electron chi connectivity index (χ0n) is 13.7. The molecule has 0 spiro atoms. The first-order chi connectivity index (χ1) is 9.79. The Morgan fingerprint density at radius 2 is 1.86 bits per heavy atom. The first-order valence-corrected chi connectivity index (χ1v) is 7.58. The van der Waals surface area contributed by atoms with Crippen LogP contribution < -0.4 is 16.0 Å². The lowest BCUT2D eigenvalue weighted by molar-refractivity contribution is -0.136. The van der Waals surface area contributed by atoms with Gasteiger partial charge in [0.05, 0.1) is 12.0 Å². The number of hydrogen-bond acceptors (Lipinski definition) is 4. The van der Waals surface area contributed by atoms with Crippen molar-refractivity contribution in [2.75, 3.05) is 33.4 Å². The molecule has 0 unspecified atom stereocenters. The Kier molecular flexibility index (Phi) is 6.61. The standard InChI is InChI=1S/C15H29N3O3/c1-14(2,3)18-12(19)5-8-17-13(20)15(11-21-4)6-9-16-10-7-15/h16H,5-11H2,1-4H3,(H,17,20)(H,18,19). The van der Waals surface area contributed by atoms with E-state index in [9.17, 15) is 9.59 Å². The molecule has 1 aliphatic rings. The second kappa shape index (κ2) is 7.75. The van der Waals surface area contributed by atoms with Crippen molar-refractivity contribution in [3.63, 3.8) is 0 Å². The molecule has 21 heavy (non-hydrogen) atoms. The highest BCUT2D eigenvalue weighted by molar-refractivity contribution is 5.84. The highest BCUT2D eigenvalue weighted by Crippen LogP contribution is 2.29. The average molecular weight is 299 g/mol. The number of hydrogen-bond donors (Lipinski definition) is 3. The molecular formula is C15H29N3O3. The topological polar surface area (TPSA) is 79.5 Å². The fourth-order valence-electron chi connectivity index (χ4n) is 2.58. The van der Waals surface area contributed by atoms with E-state index in [-0.39, 0.29) is 17.4 Å². The van der Waals surface area contributed by atoms with E-state index < -0.39 is 5.41 Å². The maximum Gasteiger partial charge on any atom is 0.228 e. The van der Waals surface area contributed by atoms with Gasteiger partial charge in [-0.05, 0) is 46.7 Å². The number of carbonyl (C=O) groups excluding carboxylic acids is 2. The maximum absolute atomic E-state index is 12.4. The summed E-state index contributed by atoms with van der Waals surface area (Å²) in [4.78, 5) is 24.2. The third-order valence-electron chi connectivity index (χ3n) is 3.62. The lowest BCUT2D eigenvalue weighted by Crippen LogP contribution is -2.50. The third-order valence-corrected chi connectivity index (χ3v) is 3.62. The summed E-state index contributed by atoms with van der Waals surface area (Å²) in [6, 6.07) is 0. The summed E-state index contributed by atoms with van der Waals surface area (Å²) in [7, 11) is 1.62. The Morgan fingerprint density at radius 1 is 1.24 bits per heavy atom. The first-order valence-electron chi connectivity index (χ1n) is 7.58. The van der Waals surface area contributed by atoms with E-state index in [1.807, 2.05) is 20.8 Å². The lowest BCUT2D eigenvalue weighted by Gasteiger charge is -2.35. The van der Waals surface area contributed by atoms with Gasteiger partial charge < -0.3 is 20.7 Å². The molecule has 2 amide bonds. The molecule has 1 aliphatic heterocycles. The maximum atomic E-state index is 12.4. The summed E-state index contributed by atoms with van der Waals surface area (Å²) in [5, 5.41) is 9.02. The van der Waals surface area contributed by atoms with Gasteiger partial charge in [-0.3, -0.25) is 9.59 Å². The Bertz CT molecular complexity index is 352. The van der Waals surface area contributed by atoms with Crippen LogP contribution >= 0.6 is 0 Å². The number of nitrogens with one attached hydrogen (secondary N) is 3. The van der Waals surface area contributed by atoms with Crippen LogP contribution in [0.15, 0.2) is 0 Å². The van der Waals surface area contributed by atoms with Crippen molar-refractivity contribution in [2.45, 2.75) is 45.6 Å². The van der Waals surface area contributed by atoms with Crippen LogP contribution in [-0.2, 0) is 14.3 Å². The predicted molar refractivity (Wildman–Crippen MR) is 81.9 cm³/mol. The number of ether oxygens (including phenoxy) is 1. The van der Waals surface area contributed by atoms with Crippen LogP contribution in [0.4, 0.5) is 0 Å². The molecule has 1 fully saturated rings. The summed E-state index contributed by atoms with van der Waals surface area (Å²) in [5.74, 6) is -0.0525. The summed E-state index contributed by atoms with van der Waals surface area (Å²) in [6.07, 6.45) is 1.83. The minimum atomic E-state index is -0.458. The normalized spacial score (nSPS) is 18.1. The Labute approximate surface area is 127 Å². The second-order valence-electron chi connectivity index (χ2n) is 6.77. The molecule has 0 aromatic rings. The van der Waals surface area contributed by atoms with E-state index in [2.05, 4.69) is 16.0 Å². The van der Waals surface area contributed by atoms with Crippen molar-refractivity contribution in [1.29, 1.82) is 0 Å². The fraction of sp³-hybridized carbons (Fsp3) is 0.867. The zero-order valence-corrected chi connectivity index (χ0v) is 13.7. The summed E-state index contributed by atoms with van der Waals surface area (Å²) >= 11 is 0. The minimum Gasteiger partial charge on any atom is -0.384 e. The fourth-order valence-corrected chi connectivity index (χ4v) is 2.58. The third kappa shape index (κ3) is 6.01. The van der Waals surface area contributed by atoms with Gasteiger partial charge in [-0.2, -0.15) is 0 Å². The molecule has 1 saturated heterocycles. The zero-order chi connectivity index (χ0) is 15.9. The molecular weight excluding hydrogens is 270 g/mol. The van der Waals surface area contributed by atoms with Gasteiger partial charge in [-0.1, -0.05) is 0 Å². The first kappa shape index (κ1) is 17.9. The Balaban J connectivity index is 2.42. The highest BCUT2D eigenvalue weighted by atomic mass is 16.5. The smallest absolute Gasteiger partial charge is 0.228 e. The van der Waals surface area contributed by atoms with Gasteiger partial charge >= 0.3 is 0 Å². The van der Waals surface area contributed by atoms with Crippen molar-refractivity contribution in [3.8, 4) is 0 Å². The van der Waals surface area contributed by atoms with Crippen LogP contribution in [0.2, 0.25) is 0 Å². The summed E-state index contributed by atoms with van der Waals surface area (Å²) in [5.41, 5.74) is -0.700. The molecule has 6 heteroatoms. The van der Waals surface area contributed by atoms with Crippen molar-refractivity contribution in [3.05, 3.63) is 0 Å². The van der Waals surface area contributed by atoms with E-state index in [0.29, 0.717) is 19.6 Å². The van der Waals surface area contributed by atoms with Gasteiger partial charge in [0.2, 0.25) is 11.8 Å². The number of rotatable bonds is 6. The van der Waals surface area contributed by atoms with Crippen LogP contribution in [0.3, 0.4) is 0 Å². The van der Waals surface area contributed by atoms with Crippen LogP contribution in [0.1, 0.15) is 40.0 Å². The van der Waals surface area contributed by atoms with Gasteiger partial charge in [0.1, 0.15) is 0 Å².